The number of aromatic nitrogens is 1. The van der Waals surface area contributed by atoms with E-state index in [1.54, 1.807) is 17.5 Å². The van der Waals surface area contributed by atoms with E-state index in [1.165, 1.54) is 0 Å². The normalized spacial score (nSPS) is 12.0. The Bertz CT molecular complexity index is 596. The van der Waals surface area contributed by atoms with E-state index in [4.69, 9.17) is 0 Å². The Labute approximate surface area is 129 Å². The molecular formula is C16H21N3OS. The summed E-state index contributed by atoms with van der Waals surface area (Å²) < 4.78 is 0. The molecule has 2 N–H and O–H groups in total. The molecule has 0 bridgehead atoms. The van der Waals surface area contributed by atoms with E-state index in [0.29, 0.717) is 5.56 Å². The minimum absolute atomic E-state index is 0.0729. The van der Waals surface area contributed by atoms with Crippen molar-refractivity contribution in [3.05, 3.63) is 45.9 Å². The van der Waals surface area contributed by atoms with Crippen molar-refractivity contribution in [3.63, 3.8) is 0 Å². The second kappa shape index (κ2) is 7.22. The van der Waals surface area contributed by atoms with Crippen LogP contribution in [0.5, 0.6) is 0 Å². The van der Waals surface area contributed by atoms with Crippen LogP contribution < -0.4 is 10.6 Å². The van der Waals surface area contributed by atoms with E-state index in [2.05, 4.69) is 22.5 Å². The Morgan fingerprint density at radius 1 is 1.43 bits per heavy atom. The average Bonchev–Trinajstić information content (AvgIpc) is 2.99. The topological polar surface area (TPSA) is 54.0 Å². The predicted octanol–water partition coefficient (Wildman–Crippen LogP) is 3.76. The average molecular weight is 303 g/mol. The Morgan fingerprint density at radius 3 is 2.90 bits per heavy atom. The Balaban J connectivity index is 2.14. The van der Waals surface area contributed by atoms with Crippen LogP contribution in [0.3, 0.4) is 0 Å². The van der Waals surface area contributed by atoms with Gasteiger partial charge in [0.15, 0.2) is 0 Å². The number of amides is 1. The molecule has 0 radical (unpaired) electrons. The second-order valence-electron chi connectivity index (χ2n) is 5.04. The maximum atomic E-state index is 12.5. The highest BCUT2D eigenvalue weighted by Crippen LogP contribution is 2.20. The molecule has 1 aromatic carbocycles. The molecule has 21 heavy (non-hydrogen) atoms. The summed E-state index contributed by atoms with van der Waals surface area (Å²) in [6.45, 7) is 6.93. The number of carbonyl (C=O) groups excluding carboxylic acids is 1. The molecule has 1 unspecified atom stereocenters. The molecule has 2 rings (SSSR count). The smallest absolute Gasteiger partial charge is 0.253 e. The molecule has 2 aromatic rings. The first-order chi connectivity index (χ1) is 10.1. The molecule has 5 heteroatoms. The summed E-state index contributed by atoms with van der Waals surface area (Å²) >= 11 is 1.55. The maximum Gasteiger partial charge on any atom is 0.253 e. The molecule has 0 aliphatic rings. The highest BCUT2D eigenvalue weighted by molar-refractivity contribution is 7.09. The van der Waals surface area contributed by atoms with Crippen LogP contribution in [-0.2, 0) is 0 Å². The predicted molar refractivity (Wildman–Crippen MR) is 88.0 cm³/mol. The van der Waals surface area contributed by atoms with Crippen molar-refractivity contribution < 1.29 is 4.79 Å². The van der Waals surface area contributed by atoms with Gasteiger partial charge in [0.05, 0.1) is 11.6 Å². The molecule has 0 aliphatic heterocycles. The zero-order valence-corrected chi connectivity index (χ0v) is 13.5. The summed E-state index contributed by atoms with van der Waals surface area (Å²) in [4.78, 5) is 16.7. The van der Waals surface area contributed by atoms with Gasteiger partial charge in [-0.15, -0.1) is 11.3 Å². The van der Waals surface area contributed by atoms with Crippen molar-refractivity contribution in [2.45, 2.75) is 33.2 Å². The SMILES string of the molecule is CCCNc1cc(C)ccc1C(=O)NC(C)c1nccs1. The fourth-order valence-corrected chi connectivity index (χ4v) is 2.69. The highest BCUT2D eigenvalue weighted by atomic mass is 32.1. The molecule has 0 fully saturated rings. The number of thiazole rings is 1. The third kappa shape index (κ3) is 4.04. The minimum atomic E-state index is -0.0853. The highest BCUT2D eigenvalue weighted by Gasteiger charge is 2.16. The molecule has 0 saturated carbocycles. The molecule has 4 nitrogen and oxygen atoms in total. The number of benzene rings is 1. The zero-order valence-electron chi connectivity index (χ0n) is 12.6. The molecule has 1 heterocycles. The zero-order chi connectivity index (χ0) is 15.2. The van der Waals surface area contributed by atoms with E-state index in [9.17, 15) is 4.79 Å². The number of hydrogen-bond acceptors (Lipinski definition) is 4. The lowest BCUT2D eigenvalue weighted by molar-refractivity contribution is 0.0940. The summed E-state index contributed by atoms with van der Waals surface area (Å²) in [6.07, 6.45) is 2.77. The molecule has 0 saturated heterocycles. The van der Waals surface area contributed by atoms with Crippen LogP contribution in [0, 0.1) is 6.92 Å². The lowest BCUT2D eigenvalue weighted by atomic mass is 10.1. The summed E-state index contributed by atoms with van der Waals surface area (Å²) in [5.41, 5.74) is 2.70. The van der Waals surface area contributed by atoms with Gasteiger partial charge < -0.3 is 10.6 Å². The largest absolute Gasteiger partial charge is 0.384 e. The van der Waals surface area contributed by atoms with Gasteiger partial charge in [0.1, 0.15) is 5.01 Å². The number of hydrogen-bond donors (Lipinski definition) is 2. The van der Waals surface area contributed by atoms with Crippen LogP contribution in [0.15, 0.2) is 29.8 Å². The van der Waals surface area contributed by atoms with Crippen molar-refractivity contribution in [2.24, 2.45) is 0 Å². The van der Waals surface area contributed by atoms with Crippen molar-refractivity contribution in [2.75, 3.05) is 11.9 Å². The number of nitrogens with one attached hydrogen (secondary N) is 2. The number of carbonyl (C=O) groups is 1. The molecular weight excluding hydrogens is 282 g/mol. The van der Waals surface area contributed by atoms with Gasteiger partial charge in [0.2, 0.25) is 0 Å². The van der Waals surface area contributed by atoms with Crippen molar-refractivity contribution in [3.8, 4) is 0 Å². The summed E-state index contributed by atoms with van der Waals surface area (Å²) in [5.74, 6) is -0.0729. The van der Waals surface area contributed by atoms with Crippen LogP contribution in [-0.4, -0.2) is 17.4 Å². The maximum absolute atomic E-state index is 12.5. The number of aryl methyl sites for hydroxylation is 1. The van der Waals surface area contributed by atoms with E-state index < -0.39 is 0 Å². The van der Waals surface area contributed by atoms with Crippen molar-refractivity contribution in [1.82, 2.24) is 10.3 Å². The Morgan fingerprint density at radius 2 is 2.24 bits per heavy atom. The monoisotopic (exact) mass is 303 g/mol. The summed E-state index contributed by atoms with van der Waals surface area (Å²) in [6, 6.07) is 5.76. The molecule has 0 spiro atoms. The van der Waals surface area contributed by atoms with Crippen LogP contribution in [0.2, 0.25) is 0 Å². The lowest BCUT2D eigenvalue weighted by Crippen LogP contribution is -2.27. The minimum Gasteiger partial charge on any atom is -0.384 e. The molecule has 0 aliphatic carbocycles. The Kier molecular flexibility index (Phi) is 5.33. The molecule has 1 amide bonds. The van der Waals surface area contributed by atoms with E-state index in [0.717, 1.165) is 29.2 Å². The second-order valence-corrected chi connectivity index (χ2v) is 5.97. The van der Waals surface area contributed by atoms with E-state index in [-0.39, 0.29) is 11.9 Å². The van der Waals surface area contributed by atoms with E-state index >= 15 is 0 Å². The first kappa shape index (κ1) is 15.5. The fourth-order valence-electron chi connectivity index (χ4n) is 2.05. The standard InChI is InChI=1S/C16H21N3OS/c1-4-7-17-14-10-11(2)5-6-13(14)15(20)19-12(3)16-18-8-9-21-16/h5-6,8-10,12,17H,4,7H2,1-3H3,(H,19,20). The quantitative estimate of drug-likeness (QED) is 0.854. The number of nitrogens with zero attached hydrogens (tertiary/aromatic N) is 1. The first-order valence-electron chi connectivity index (χ1n) is 7.16. The first-order valence-corrected chi connectivity index (χ1v) is 8.04. The van der Waals surface area contributed by atoms with Gasteiger partial charge in [-0.2, -0.15) is 0 Å². The molecule has 112 valence electrons. The number of anilines is 1. The third-order valence-corrected chi connectivity index (χ3v) is 4.11. The van der Waals surface area contributed by atoms with Gasteiger partial charge in [-0.05, 0) is 38.0 Å². The molecule has 1 atom stereocenters. The van der Waals surface area contributed by atoms with E-state index in [1.807, 2.05) is 37.4 Å². The number of rotatable bonds is 6. The summed E-state index contributed by atoms with van der Waals surface area (Å²) in [5, 5.41) is 9.15. The van der Waals surface area contributed by atoms with Crippen LogP contribution in [0.4, 0.5) is 5.69 Å². The molecule has 1 aromatic heterocycles. The van der Waals surface area contributed by atoms with Crippen LogP contribution >= 0.6 is 11.3 Å². The van der Waals surface area contributed by atoms with Crippen molar-refractivity contribution >= 4 is 22.9 Å². The van der Waals surface area contributed by atoms with Gasteiger partial charge in [-0.3, -0.25) is 4.79 Å². The van der Waals surface area contributed by atoms with Gasteiger partial charge in [-0.25, -0.2) is 4.98 Å². The summed E-state index contributed by atoms with van der Waals surface area (Å²) in [7, 11) is 0. The lowest BCUT2D eigenvalue weighted by Gasteiger charge is -2.15. The van der Waals surface area contributed by atoms with Crippen LogP contribution in [0.1, 0.15) is 47.2 Å². The Hall–Kier alpha value is -1.88. The van der Waals surface area contributed by atoms with Crippen LogP contribution in [0.25, 0.3) is 0 Å². The third-order valence-electron chi connectivity index (χ3n) is 3.15. The van der Waals surface area contributed by atoms with Gasteiger partial charge in [0, 0.05) is 23.8 Å². The van der Waals surface area contributed by atoms with Gasteiger partial charge in [0.25, 0.3) is 5.91 Å². The van der Waals surface area contributed by atoms with Gasteiger partial charge in [-0.1, -0.05) is 13.0 Å². The van der Waals surface area contributed by atoms with Gasteiger partial charge >= 0.3 is 0 Å². The fraction of sp³-hybridized carbons (Fsp3) is 0.375. The van der Waals surface area contributed by atoms with Crippen molar-refractivity contribution in [1.29, 1.82) is 0 Å².